The predicted molar refractivity (Wildman–Crippen MR) is 134 cm³/mol. The first-order valence-corrected chi connectivity index (χ1v) is 12.1. The third-order valence-electron chi connectivity index (χ3n) is 5.25. The number of carbonyl (C=O) groups excluding carboxylic acids is 1. The number of rotatable bonds is 14. The Balaban J connectivity index is 1.58. The molecule has 3 aromatic rings. The molecule has 0 aliphatic heterocycles. The Bertz CT molecular complexity index is 1130. The predicted octanol–water partition coefficient (Wildman–Crippen LogP) is 6.53. The maximum Gasteiger partial charge on any atom is 0.414 e. The van der Waals surface area contributed by atoms with E-state index in [9.17, 15) is 9.59 Å². The van der Waals surface area contributed by atoms with E-state index in [1.54, 1.807) is 30.3 Å². The summed E-state index contributed by atoms with van der Waals surface area (Å²) >= 11 is 12.1. The zero-order valence-electron chi connectivity index (χ0n) is 19.3. The lowest BCUT2D eigenvalue weighted by Gasteiger charge is -2.19. The highest BCUT2D eigenvalue weighted by Crippen LogP contribution is 2.30. The van der Waals surface area contributed by atoms with Gasteiger partial charge in [0.15, 0.2) is 5.78 Å². The number of hydrogen-bond donors (Lipinski definition) is 2. The van der Waals surface area contributed by atoms with E-state index in [2.05, 4.69) is 22.4 Å². The van der Waals surface area contributed by atoms with Crippen molar-refractivity contribution >= 4 is 40.6 Å². The molecule has 1 aromatic heterocycles. The fourth-order valence-corrected chi connectivity index (χ4v) is 3.88. The highest BCUT2D eigenvalue weighted by atomic mass is 35.5. The molecule has 35 heavy (non-hydrogen) atoms. The monoisotopic (exact) mass is 519 g/mol. The summed E-state index contributed by atoms with van der Waals surface area (Å²) in [5, 5.41) is 21.0. The molecule has 0 aliphatic rings. The standard InChI is InChI=1S/C25H27Cl2N3O5/c1-2-3-5-19(28-18-11-8-16(9-12-18)22(31)6-4-7-23(32)33)15-34-25-30-29-24(35-25)20-13-10-17(26)14-21(20)27/h8-14,19,28H,2-7,15H2,1H3,(H,32,33)/t19-/m0/s1. The molecule has 0 saturated heterocycles. The van der Waals surface area contributed by atoms with Crippen LogP contribution in [0.4, 0.5) is 5.69 Å². The van der Waals surface area contributed by atoms with Gasteiger partial charge in [-0.15, -0.1) is 5.10 Å². The van der Waals surface area contributed by atoms with Crippen LogP contribution in [-0.2, 0) is 4.79 Å². The number of carboxylic acid groups (broad SMARTS) is 1. The molecule has 0 amide bonds. The Labute approximate surface area is 213 Å². The smallest absolute Gasteiger partial charge is 0.414 e. The van der Waals surface area contributed by atoms with Crippen LogP contribution in [0, 0.1) is 0 Å². The van der Waals surface area contributed by atoms with Crippen molar-refractivity contribution in [2.45, 2.75) is 51.5 Å². The Morgan fingerprint density at radius 3 is 2.54 bits per heavy atom. The number of anilines is 1. The molecule has 0 bridgehead atoms. The van der Waals surface area contributed by atoms with E-state index in [1.165, 1.54) is 0 Å². The van der Waals surface area contributed by atoms with Crippen molar-refractivity contribution < 1.29 is 23.8 Å². The van der Waals surface area contributed by atoms with Crippen molar-refractivity contribution in [2.75, 3.05) is 11.9 Å². The van der Waals surface area contributed by atoms with Gasteiger partial charge in [-0.05, 0) is 55.3 Å². The maximum absolute atomic E-state index is 12.2. The number of ether oxygens (including phenoxy) is 1. The lowest BCUT2D eigenvalue weighted by atomic mass is 10.0. The third-order valence-corrected chi connectivity index (χ3v) is 5.80. The second-order valence-electron chi connectivity index (χ2n) is 8.04. The van der Waals surface area contributed by atoms with Gasteiger partial charge in [0.2, 0.25) is 0 Å². The Kier molecular flexibility index (Phi) is 9.93. The van der Waals surface area contributed by atoms with E-state index in [-0.39, 0.29) is 36.6 Å². The molecule has 0 unspecified atom stereocenters. The van der Waals surface area contributed by atoms with Crippen LogP contribution in [0.1, 0.15) is 55.8 Å². The second-order valence-corrected chi connectivity index (χ2v) is 8.88. The van der Waals surface area contributed by atoms with Crippen molar-refractivity contribution in [1.82, 2.24) is 10.2 Å². The molecular weight excluding hydrogens is 493 g/mol. The van der Waals surface area contributed by atoms with E-state index in [4.69, 9.17) is 37.5 Å². The van der Waals surface area contributed by atoms with E-state index in [1.807, 2.05) is 12.1 Å². The first-order valence-electron chi connectivity index (χ1n) is 11.4. The van der Waals surface area contributed by atoms with E-state index >= 15 is 0 Å². The molecule has 8 nitrogen and oxygen atoms in total. The van der Waals surface area contributed by atoms with Crippen LogP contribution in [0.3, 0.4) is 0 Å². The number of halogens is 2. The Morgan fingerprint density at radius 2 is 1.86 bits per heavy atom. The molecular formula is C25H27Cl2N3O5. The average Bonchev–Trinajstić information content (AvgIpc) is 3.29. The average molecular weight is 520 g/mol. The van der Waals surface area contributed by atoms with E-state index < -0.39 is 5.97 Å². The Hall–Kier alpha value is -3.10. The molecule has 1 atom stereocenters. The van der Waals surface area contributed by atoms with Crippen LogP contribution in [0.15, 0.2) is 46.9 Å². The number of Topliss-reactive ketones (excluding diaryl/α,β-unsaturated/α-hetero) is 1. The third kappa shape index (κ3) is 8.26. The van der Waals surface area contributed by atoms with Gasteiger partial charge in [-0.25, -0.2) is 0 Å². The lowest BCUT2D eigenvalue weighted by molar-refractivity contribution is -0.137. The maximum atomic E-state index is 12.2. The summed E-state index contributed by atoms with van der Waals surface area (Å²) in [4.78, 5) is 22.9. The number of benzene rings is 2. The van der Waals surface area contributed by atoms with Crippen LogP contribution in [0.25, 0.3) is 11.5 Å². The van der Waals surface area contributed by atoms with Crippen LogP contribution < -0.4 is 10.1 Å². The van der Waals surface area contributed by atoms with E-state index in [0.717, 1.165) is 24.9 Å². The zero-order valence-corrected chi connectivity index (χ0v) is 20.8. The molecule has 1 heterocycles. The summed E-state index contributed by atoms with van der Waals surface area (Å²) in [6, 6.07) is 12.1. The second kappa shape index (κ2) is 13.1. The molecule has 186 valence electrons. The first kappa shape index (κ1) is 26.5. The molecule has 0 spiro atoms. The van der Waals surface area contributed by atoms with Gasteiger partial charge in [0.25, 0.3) is 5.89 Å². The number of unbranched alkanes of at least 4 members (excludes halogenated alkanes) is 1. The van der Waals surface area contributed by atoms with Gasteiger partial charge in [0, 0.05) is 29.1 Å². The normalized spacial score (nSPS) is 11.7. The highest BCUT2D eigenvalue weighted by molar-refractivity contribution is 6.36. The summed E-state index contributed by atoms with van der Waals surface area (Å²) in [5.41, 5.74) is 1.97. The summed E-state index contributed by atoms with van der Waals surface area (Å²) in [5.74, 6) is -0.733. The zero-order chi connectivity index (χ0) is 25.2. The number of aromatic nitrogens is 2. The fraction of sp³-hybridized carbons (Fsp3) is 0.360. The molecule has 0 fully saturated rings. The van der Waals surface area contributed by atoms with Crippen molar-refractivity contribution in [3.63, 3.8) is 0 Å². The van der Waals surface area contributed by atoms with Crippen molar-refractivity contribution in [1.29, 1.82) is 0 Å². The minimum atomic E-state index is -0.900. The lowest BCUT2D eigenvalue weighted by Crippen LogP contribution is -2.27. The summed E-state index contributed by atoms with van der Waals surface area (Å²) < 4.78 is 11.4. The van der Waals surface area contributed by atoms with Gasteiger partial charge in [0.1, 0.15) is 6.61 Å². The molecule has 10 heteroatoms. The molecule has 0 aliphatic carbocycles. The van der Waals surface area contributed by atoms with E-state index in [0.29, 0.717) is 34.2 Å². The fourth-order valence-electron chi connectivity index (χ4n) is 3.39. The number of nitrogens with one attached hydrogen (secondary N) is 1. The quantitative estimate of drug-likeness (QED) is 0.231. The minimum absolute atomic E-state index is 0.0151. The van der Waals surface area contributed by atoms with Crippen LogP contribution in [0.5, 0.6) is 6.08 Å². The van der Waals surface area contributed by atoms with Gasteiger partial charge in [-0.2, -0.15) is 0 Å². The molecule has 2 N–H and O–H groups in total. The first-order chi connectivity index (χ1) is 16.9. The summed E-state index contributed by atoms with van der Waals surface area (Å²) in [6.07, 6.45) is 3.44. The number of carboxylic acids is 1. The summed E-state index contributed by atoms with van der Waals surface area (Å²) in [7, 11) is 0. The number of ketones is 1. The van der Waals surface area contributed by atoms with Gasteiger partial charge >= 0.3 is 12.0 Å². The molecule has 2 aromatic carbocycles. The Morgan fingerprint density at radius 1 is 1.09 bits per heavy atom. The van der Waals surface area contributed by atoms with Gasteiger partial charge in [-0.3, -0.25) is 9.59 Å². The largest absolute Gasteiger partial charge is 0.481 e. The minimum Gasteiger partial charge on any atom is -0.481 e. The SMILES string of the molecule is CCCC[C@@H](COc1nnc(-c2ccc(Cl)cc2Cl)o1)Nc1ccc(C(=O)CCCC(=O)O)cc1. The van der Waals surface area contributed by atoms with Crippen molar-refractivity contribution in [3.8, 4) is 17.5 Å². The van der Waals surface area contributed by atoms with Crippen LogP contribution in [0.2, 0.25) is 10.0 Å². The highest BCUT2D eigenvalue weighted by Gasteiger charge is 2.16. The summed E-state index contributed by atoms with van der Waals surface area (Å²) in [6.45, 7) is 2.41. The van der Waals surface area contributed by atoms with Crippen molar-refractivity contribution in [3.05, 3.63) is 58.1 Å². The molecule has 0 radical (unpaired) electrons. The van der Waals surface area contributed by atoms with Crippen LogP contribution >= 0.6 is 23.2 Å². The number of nitrogens with zero attached hydrogens (tertiary/aromatic N) is 2. The van der Waals surface area contributed by atoms with Gasteiger partial charge < -0.3 is 19.6 Å². The van der Waals surface area contributed by atoms with Gasteiger partial charge in [0.05, 0.1) is 16.6 Å². The topological polar surface area (TPSA) is 115 Å². The van der Waals surface area contributed by atoms with Crippen LogP contribution in [-0.4, -0.2) is 39.7 Å². The number of carbonyl (C=O) groups is 2. The number of hydrogen-bond acceptors (Lipinski definition) is 7. The van der Waals surface area contributed by atoms with Gasteiger partial charge in [-0.1, -0.05) is 48.1 Å². The van der Waals surface area contributed by atoms with Crippen molar-refractivity contribution in [2.24, 2.45) is 0 Å². The number of aliphatic carboxylic acids is 1. The molecule has 3 rings (SSSR count). The molecule has 0 saturated carbocycles.